The van der Waals surface area contributed by atoms with Crippen LogP contribution in [-0.4, -0.2) is 4.57 Å². The predicted molar refractivity (Wildman–Crippen MR) is 318 cm³/mol. The Morgan fingerprint density at radius 2 is 0.775 bits per heavy atom. The van der Waals surface area contributed by atoms with Gasteiger partial charge in [-0.2, -0.15) is 0 Å². The van der Waals surface area contributed by atoms with Crippen LogP contribution in [0.15, 0.2) is 224 Å². The Hall–Kier alpha value is -7.22. The highest BCUT2D eigenvalue weighted by molar-refractivity contribution is 6.10. The van der Waals surface area contributed by atoms with Gasteiger partial charge in [0, 0.05) is 22.3 Å². The van der Waals surface area contributed by atoms with E-state index in [1.54, 1.807) is 0 Å². The normalized spacial score (nSPS) is 10.0. The maximum Gasteiger partial charge on any atom is 0.0529 e. The molecule has 0 radical (unpaired) electrons. The third-order valence-electron chi connectivity index (χ3n) is 12.1. The molecule has 0 bridgehead atoms. The SMILES string of the molecule is CC.CC.CC.CCc1cc(-c2ccccc2)cc(-c2ccc(-c3ccccc3)cc2)c1.CCc1ccccc1.Cc1ccccc1.Cc1ccccc1-c1ccc2c3ccccc3n(C(C)C)c2c1C. The number of rotatable bonds is 7. The Balaban J connectivity index is 0.000000222. The summed E-state index contributed by atoms with van der Waals surface area (Å²) in [5.74, 6) is 0. The molecule has 0 saturated heterocycles. The zero-order valence-corrected chi connectivity index (χ0v) is 45.3. The minimum atomic E-state index is 0.429. The maximum absolute atomic E-state index is 2.49. The highest BCUT2D eigenvalue weighted by atomic mass is 15.0. The zero-order valence-electron chi connectivity index (χ0n) is 45.3. The van der Waals surface area contributed by atoms with Crippen LogP contribution in [0.4, 0.5) is 0 Å². The van der Waals surface area contributed by atoms with Crippen molar-refractivity contribution in [2.45, 2.75) is 109 Å². The first kappa shape index (κ1) is 56.4. The van der Waals surface area contributed by atoms with Gasteiger partial charge in [0.1, 0.15) is 0 Å². The van der Waals surface area contributed by atoms with E-state index in [4.69, 9.17) is 0 Å². The molecule has 1 heterocycles. The molecule has 1 aromatic heterocycles. The van der Waals surface area contributed by atoms with Gasteiger partial charge in [-0.05, 0) is 126 Å². The molecule has 0 aliphatic heterocycles. The van der Waals surface area contributed by atoms with Crippen molar-refractivity contribution in [2.75, 3.05) is 0 Å². The van der Waals surface area contributed by atoms with Gasteiger partial charge in [-0.15, -0.1) is 0 Å². The quantitative estimate of drug-likeness (QED) is 0.150. The molecule has 0 aliphatic carbocycles. The fourth-order valence-electron chi connectivity index (χ4n) is 8.56. The third kappa shape index (κ3) is 15.6. The van der Waals surface area contributed by atoms with E-state index in [1.165, 1.54) is 94.1 Å². The summed E-state index contributed by atoms with van der Waals surface area (Å²) in [6.45, 7) is 27.5. The largest absolute Gasteiger partial charge is 0.338 e. The Kier molecular flexibility index (Phi) is 24.1. The zero-order chi connectivity index (χ0) is 51.5. The lowest BCUT2D eigenvalue weighted by atomic mass is 9.94. The number of benzene rings is 9. The molecule has 10 aromatic rings. The number of hydrogen-bond donors (Lipinski definition) is 0. The van der Waals surface area contributed by atoms with Gasteiger partial charge in [-0.1, -0.05) is 273 Å². The summed E-state index contributed by atoms with van der Waals surface area (Å²) in [5.41, 5.74) is 19.8. The molecular weight excluding hydrogens is 855 g/mol. The van der Waals surface area contributed by atoms with Crippen molar-refractivity contribution in [3.63, 3.8) is 0 Å². The summed E-state index contributed by atoms with van der Waals surface area (Å²) in [7, 11) is 0. The molecule has 10 rings (SSSR count). The minimum Gasteiger partial charge on any atom is -0.338 e. The molecule has 0 N–H and O–H groups in total. The molecule has 0 spiro atoms. The highest BCUT2D eigenvalue weighted by Gasteiger charge is 2.17. The van der Waals surface area contributed by atoms with Crippen LogP contribution < -0.4 is 0 Å². The second-order valence-corrected chi connectivity index (χ2v) is 17.0. The van der Waals surface area contributed by atoms with Crippen LogP contribution in [0.1, 0.15) is 103 Å². The summed E-state index contributed by atoms with van der Waals surface area (Å²) < 4.78 is 2.49. The lowest BCUT2D eigenvalue weighted by molar-refractivity contribution is 0.641. The van der Waals surface area contributed by atoms with Crippen molar-refractivity contribution >= 4 is 21.8 Å². The maximum atomic E-state index is 2.49. The summed E-state index contributed by atoms with van der Waals surface area (Å²) >= 11 is 0. The fraction of sp³-hybridized carbons (Fsp3) is 0.229. The van der Waals surface area contributed by atoms with Crippen molar-refractivity contribution < 1.29 is 0 Å². The first-order valence-corrected chi connectivity index (χ1v) is 26.2. The molecule has 0 amide bonds. The van der Waals surface area contributed by atoms with Crippen LogP contribution >= 0.6 is 0 Å². The van der Waals surface area contributed by atoms with Gasteiger partial charge in [0.15, 0.2) is 0 Å². The van der Waals surface area contributed by atoms with Crippen LogP contribution in [-0.2, 0) is 12.8 Å². The average molecular weight is 936 g/mol. The first-order chi connectivity index (χ1) is 34.7. The number of aryl methyl sites for hydroxylation is 5. The second kappa shape index (κ2) is 30.4. The number of para-hydroxylation sites is 1. The molecule has 0 fully saturated rings. The fourth-order valence-corrected chi connectivity index (χ4v) is 8.56. The van der Waals surface area contributed by atoms with Crippen LogP contribution in [0.5, 0.6) is 0 Å². The summed E-state index contributed by atoms with van der Waals surface area (Å²) in [6, 6.07) is 80.1. The third-order valence-corrected chi connectivity index (χ3v) is 12.1. The van der Waals surface area contributed by atoms with Crippen molar-refractivity contribution in [1.82, 2.24) is 4.57 Å². The van der Waals surface area contributed by atoms with Crippen LogP contribution in [0.25, 0.3) is 66.3 Å². The van der Waals surface area contributed by atoms with Gasteiger partial charge < -0.3 is 4.57 Å². The Morgan fingerprint density at radius 3 is 1.24 bits per heavy atom. The van der Waals surface area contributed by atoms with E-state index in [2.05, 4.69) is 253 Å². The summed E-state index contributed by atoms with van der Waals surface area (Å²) in [6.07, 6.45) is 2.18. The molecule has 9 aromatic carbocycles. The predicted octanol–water partition coefficient (Wildman–Crippen LogP) is 21.2. The van der Waals surface area contributed by atoms with Crippen LogP contribution in [0.3, 0.4) is 0 Å². The van der Waals surface area contributed by atoms with Crippen molar-refractivity contribution in [3.8, 4) is 44.5 Å². The van der Waals surface area contributed by atoms with Gasteiger partial charge in [-0.3, -0.25) is 0 Å². The van der Waals surface area contributed by atoms with Gasteiger partial charge in [0.2, 0.25) is 0 Å². The van der Waals surface area contributed by atoms with Gasteiger partial charge >= 0.3 is 0 Å². The van der Waals surface area contributed by atoms with Gasteiger partial charge in [-0.25, -0.2) is 0 Å². The monoisotopic (exact) mass is 936 g/mol. The Labute approximate surface area is 429 Å². The van der Waals surface area contributed by atoms with E-state index in [0.29, 0.717) is 6.04 Å². The topological polar surface area (TPSA) is 4.93 Å². The summed E-state index contributed by atoms with van der Waals surface area (Å²) in [4.78, 5) is 0. The van der Waals surface area contributed by atoms with Crippen molar-refractivity contribution in [1.29, 1.82) is 0 Å². The smallest absolute Gasteiger partial charge is 0.0529 e. The molecule has 0 atom stereocenters. The molecule has 71 heavy (non-hydrogen) atoms. The second-order valence-electron chi connectivity index (χ2n) is 17.0. The molecule has 0 saturated carbocycles. The molecule has 0 unspecified atom stereocenters. The lowest BCUT2D eigenvalue weighted by Crippen LogP contribution is -2.01. The van der Waals surface area contributed by atoms with E-state index in [1.807, 2.05) is 65.8 Å². The van der Waals surface area contributed by atoms with Crippen molar-refractivity contribution in [2.24, 2.45) is 0 Å². The Bertz CT molecular complexity index is 3010. The lowest BCUT2D eigenvalue weighted by Gasteiger charge is -2.16. The van der Waals surface area contributed by atoms with Gasteiger partial charge in [0.05, 0.1) is 5.52 Å². The van der Waals surface area contributed by atoms with E-state index in [-0.39, 0.29) is 0 Å². The molecule has 0 aliphatic rings. The minimum absolute atomic E-state index is 0.429. The molecule has 366 valence electrons. The number of nitrogens with zero attached hydrogens (tertiary/aromatic N) is 1. The number of hydrogen-bond acceptors (Lipinski definition) is 0. The van der Waals surface area contributed by atoms with E-state index in [9.17, 15) is 0 Å². The van der Waals surface area contributed by atoms with E-state index in [0.717, 1.165) is 12.8 Å². The van der Waals surface area contributed by atoms with Gasteiger partial charge in [0.25, 0.3) is 0 Å². The van der Waals surface area contributed by atoms with Crippen LogP contribution in [0.2, 0.25) is 0 Å². The average Bonchev–Trinajstić information content (AvgIpc) is 3.80. The first-order valence-electron chi connectivity index (χ1n) is 26.2. The van der Waals surface area contributed by atoms with Crippen LogP contribution in [0, 0.1) is 20.8 Å². The standard InChI is InChI=1S/C26H22.C23H23N.C8H10.C7H8.3C2H6/c1-2-20-17-25(22-11-7-4-8-12-22)19-26(18-20)24-15-13-23(14-16-24)21-9-5-3-6-10-21;1-15(2)24-22-12-8-7-11-20(22)21-14-13-19(17(4)23(21)24)18-10-6-5-9-16(18)3;1-2-8-6-4-3-5-7-8;1-7-5-3-2-4-6-7;3*1-2/h3-19H,2H2,1H3;5-15H,1-4H3;3-7H,2H2,1H3;2-6H,1H3;3*1-2H3. The van der Waals surface area contributed by atoms with E-state index < -0.39 is 0 Å². The van der Waals surface area contributed by atoms with E-state index >= 15 is 0 Å². The molecule has 1 heteroatoms. The Morgan fingerprint density at radius 1 is 0.352 bits per heavy atom. The molecule has 1 nitrogen and oxygen atoms in total. The highest BCUT2D eigenvalue weighted by Crippen LogP contribution is 2.38. The number of aromatic nitrogens is 1. The summed E-state index contributed by atoms with van der Waals surface area (Å²) in [5, 5.41) is 2.70. The number of fused-ring (bicyclic) bond motifs is 3. The molecular formula is C70H81N. The van der Waals surface area contributed by atoms with Crippen molar-refractivity contribution in [3.05, 3.63) is 252 Å².